The summed E-state index contributed by atoms with van der Waals surface area (Å²) >= 11 is 3.61. The van der Waals surface area contributed by atoms with E-state index in [4.69, 9.17) is 0 Å². The normalized spacial score (nSPS) is 12.9. The van der Waals surface area contributed by atoms with Crippen LogP contribution in [0.2, 0.25) is 0 Å². The maximum atomic E-state index is 12.1. The van der Waals surface area contributed by atoms with Gasteiger partial charge in [-0.3, -0.25) is 4.79 Å². The van der Waals surface area contributed by atoms with Crippen molar-refractivity contribution in [2.45, 2.75) is 33.7 Å². The first-order valence-electron chi connectivity index (χ1n) is 6.32. The van der Waals surface area contributed by atoms with E-state index in [9.17, 15) is 4.79 Å². The summed E-state index contributed by atoms with van der Waals surface area (Å²) in [6.07, 6.45) is 0.901. The third-order valence-electron chi connectivity index (χ3n) is 3.63. The summed E-state index contributed by atoms with van der Waals surface area (Å²) < 4.78 is 3.20. The Kier molecular flexibility index (Phi) is 3.91. The Hall–Kier alpha value is -1.09. The van der Waals surface area contributed by atoms with E-state index in [1.54, 1.807) is 0 Å². The third-order valence-corrected chi connectivity index (χ3v) is 4.63. The van der Waals surface area contributed by atoms with Gasteiger partial charge in [0.2, 0.25) is 0 Å². The van der Waals surface area contributed by atoms with Crippen LogP contribution in [0.15, 0.2) is 28.7 Å². The van der Waals surface area contributed by atoms with Gasteiger partial charge in [-0.05, 0) is 35.3 Å². The Morgan fingerprint density at radius 3 is 2.72 bits per heavy atom. The van der Waals surface area contributed by atoms with Crippen LogP contribution in [0, 0.1) is 12.8 Å². The second-order valence-electron chi connectivity index (χ2n) is 4.78. The van der Waals surface area contributed by atoms with Gasteiger partial charge in [0.15, 0.2) is 5.78 Å². The molecule has 0 spiro atoms. The van der Waals surface area contributed by atoms with Gasteiger partial charge in [-0.15, -0.1) is 0 Å². The summed E-state index contributed by atoms with van der Waals surface area (Å²) in [5.74, 6) is 0.429. The number of carbonyl (C=O) groups excluding carboxylic acids is 1. The number of fused-ring (bicyclic) bond motifs is 1. The molecule has 2 nitrogen and oxygen atoms in total. The molecule has 0 aliphatic heterocycles. The van der Waals surface area contributed by atoms with Crippen molar-refractivity contribution in [2.24, 2.45) is 5.92 Å². The van der Waals surface area contributed by atoms with Gasteiger partial charge < -0.3 is 4.57 Å². The molecule has 18 heavy (non-hydrogen) atoms. The van der Waals surface area contributed by atoms with Gasteiger partial charge in [-0.1, -0.05) is 32.0 Å². The van der Waals surface area contributed by atoms with Crippen LogP contribution in [0.1, 0.15) is 26.0 Å². The lowest BCUT2D eigenvalue weighted by molar-refractivity contribution is -0.123. The lowest BCUT2D eigenvalue weighted by Gasteiger charge is -2.11. The highest BCUT2D eigenvalue weighted by Gasteiger charge is 2.16. The van der Waals surface area contributed by atoms with Crippen LogP contribution in [-0.2, 0) is 11.3 Å². The Balaban J connectivity index is 2.45. The van der Waals surface area contributed by atoms with E-state index in [1.807, 2.05) is 26.0 Å². The molecule has 2 aromatic rings. The van der Waals surface area contributed by atoms with E-state index in [-0.39, 0.29) is 5.92 Å². The number of nitrogens with zero attached hydrogens (tertiary/aromatic N) is 1. The fourth-order valence-corrected chi connectivity index (χ4v) is 2.68. The number of halogens is 1. The molecule has 0 saturated carbocycles. The standard InChI is InChI=1S/C15H18BrNO/c1-4-10(2)14(18)9-17-11(3)15(16)12-7-5-6-8-13(12)17/h5-8,10H,4,9H2,1-3H3. The molecular weight excluding hydrogens is 290 g/mol. The SMILES string of the molecule is CCC(C)C(=O)Cn1c(C)c(Br)c2ccccc21. The van der Waals surface area contributed by atoms with Crippen molar-refractivity contribution in [1.29, 1.82) is 0 Å². The molecule has 1 unspecified atom stereocenters. The maximum absolute atomic E-state index is 12.1. The molecular formula is C15H18BrNO. The molecule has 0 amide bonds. The first kappa shape index (κ1) is 13.3. The summed E-state index contributed by atoms with van der Waals surface area (Å²) in [4.78, 5) is 12.1. The Bertz CT molecular complexity index is 585. The number of benzene rings is 1. The van der Waals surface area contributed by atoms with Crippen LogP contribution in [0.25, 0.3) is 10.9 Å². The Morgan fingerprint density at radius 1 is 1.39 bits per heavy atom. The molecule has 96 valence electrons. The Morgan fingerprint density at radius 2 is 2.06 bits per heavy atom. The predicted molar refractivity (Wildman–Crippen MR) is 78.8 cm³/mol. The number of para-hydroxylation sites is 1. The molecule has 0 aliphatic carbocycles. The van der Waals surface area contributed by atoms with Crippen molar-refractivity contribution in [1.82, 2.24) is 4.57 Å². The molecule has 0 bridgehead atoms. The average molecular weight is 308 g/mol. The highest BCUT2D eigenvalue weighted by Crippen LogP contribution is 2.30. The van der Waals surface area contributed by atoms with Gasteiger partial charge in [0.05, 0.1) is 6.54 Å². The predicted octanol–water partition coefficient (Wildman–Crippen LogP) is 4.33. The van der Waals surface area contributed by atoms with Gasteiger partial charge in [0.1, 0.15) is 0 Å². The number of carbonyl (C=O) groups is 1. The molecule has 0 N–H and O–H groups in total. The molecule has 1 aromatic heterocycles. The van der Waals surface area contributed by atoms with E-state index < -0.39 is 0 Å². The fraction of sp³-hybridized carbons (Fsp3) is 0.400. The molecule has 1 heterocycles. The van der Waals surface area contributed by atoms with Crippen molar-refractivity contribution in [2.75, 3.05) is 0 Å². The maximum Gasteiger partial charge on any atom is 0.155 e. The van der Waals surface area contributed by atoms with Crippen molar-refractivity contribution in [3.05, 3.63) is 34.4 Å². The zero-order valence-electron chi connectivity index (χ0n) is 11.0. The lowest BCUT2D eigenvalue weighted by Crippen LogP contribution is -2.17. The topological polar surface area (TPSA) is 22.0 Å². The third kappa shape index (κ3) is 2.24. The van der Waals surface area contributed by atoms with Crippen LogP contribution in [0.5, 0.6) is 0 Å². The van der Waals surface area contributed by atoms with E-state index in [1.165, 1.54) is 5.39 Å². The van der Waals surface area contributed by atoms with Crippen LogP contribution in [-0.4, -0.2) is 10.4 Å². The smallest absolute Gasteiger partial charge is 0.155 e. The van der Waals surface area contributed by atoms with Gasteiger partial charge in [-0.2, -0.15) is 0 Å². The second kappa shape index (κ2) is 5.27. The molecule has 0 fully saturated rings. The van der Waals surface area contributed by atoms with Gasteiger partial charge in [0, 0.05) is 27.0 Å². The van der Waals surface area contributed by atoms with Crippen molar-refractivity contribution in [3.63, 3.8) is 0 Å². The molecule has 0 saturated heterocycles. The minimum Gasteiger partial charge on any atom is -0.336 e. The van der Waals surface area contributed by atoms with Crippen LogP contribution < -0.4 is 0 Å². The number of ketones is 1. The van der Waals surface area contributed by atoms with Gasteiger partial charge in [0.25, 0.3) is 0 Å². The highest BCUT2D eigenvalue weighted by atomic mass is 79.9. The van der Waals surface area contributed by atoms with Gasteiger partial charge in [-0.25, -0.2) is 0 Å². The lowest BCUT2D eigenvalue weighted by atomic mass is 10.0. The quantitative estimate of drug-likeness (QED) is 0.824. The van der Waals surface area contributed by atoms with Crippen molar-refractivity contribution >= 4 is 32.6 Å². The van der Waals surface area contributed by atoms with Crippen molar-refractivity contribution in [3.8, 4) is 0 Å². The molecule has 2 rings (SSSR count). The monoisotopic (exact) mass is 307 g/mol. The molecule has 0 aliphatic rings. The highest BCUT2D eigenvalue weighted by molar-refractivity contribution is 9.10. The Labute approximate surface area is 116 Å². The number of rotatable bonds is 4. The average Bonchev–Trinajstić information content (AvgIpc) is 2.63. The number of hydrogen-bond acceptors (Lipinski definition) is 1. The van der Waals surface area contributed by atoms with E-state index in [0.717, 1.165) is 22.1 Å². The summed E-state index contributed by atoms with van der Waals surface area (Å²) in [6, 6.07) is 8.18. The minimum atomic E-state index is 0.129. The zero-order chi connectivity index (χ0) is 13.3. The summed E-state index contributed by atoms with van der Waals surface area (Å²) in [5.41, 5.74) is 2.24. The van der Waals surface area contributed by atoms with E-state index >= 15 is 0 Å². The number of aromatic nitrogens is 1. The first-order valence-corrected chi connectivity index (χ1v) is 7.11. The van der Waals surface area contributed by atoms with Crippen LogP contribution in [0.4, 0.5) is 0 Å². The fourth-order valence-electron chi connectivity index (χ4n) is 2.13. The molecule has 3 heteroatoms. The van der Waals surface area contributed by atoms with Crippen LogP contribution in [0.3, 0.4) is 0 Å². The minimum absolute atomic E-state index is 0.129. The molecule has 1 aromatic carbocycles. The second-order valence-corrected chi connectivity index (χ2v) is 5.57. The number of hydrogen-bond donors (Lipinski definition) is 0. The van der Waals surface area contributed by atoms with E-state index in [2.05, 4.69) is 39.6 Å². The van der Waals surface area contributed by atoms with Gasteiger partial charge >= 0.3 is 0 Å². The number of Topliss-reactive ketones (excluding diaryl/α,β-unsaturated/α-hetero) is 1. The first-order chi connectivity index (χ1) is 8.56. The zero-order valence-corrected chi connectivity index (χ0v) is 12.6. The molecule has 1 atom stereocenters. The molecule has 0 radical (unpaired) electrons. The van der Waals surface area contributed by atoms with Crippen LogP contribution >= 0.6 is 15.9 Å². The van der Waals surface area contributed by atoms with Crippen molar-refractivity contribution < 1.29 is 4.79 Å². The summed E-state index contributed by atoms with van der Waals surface area (Å²) in [6.45, 7) is 6.57. The summed E-state index contributed by atoms with van der Waals surface area (Å²) in [7, 11) is 0. The summed E-state index contributed by atoms with van der Waals surface area (Å²) in [5, 5.41) is 1.17. The van der Waals surface area contributed by atoms with E-state index in [0.29, 0.717) is 12.3 Å². The largest absolute Gasteiger partial charge is 0.336 e.